The molecule has 1 saturated heterocycles. The first-order valence-electron chi connectivity index (χ1n) is 7.43. The fourth-order valence-corrected chi connectivity index (χ4v) is 3.46. The summed E-state index contributed by atoms with van der Waals surface area (Å²) in [5, 5.41) is 11.4. The van der Waals surface area contributed by atoms with Gasteiger partial charge in [0.2, 0.25) is 5.91 Å². The number of methoxy groups -OCH3 is 1. The maximum Gasteiger partial charge on any atom is 0.307 e. The molecule has 1 aromatic rings. The van der Waals surface area contributed by atoms with Gasteiger partial charge in [0.05, 0.1) is 48.4 Å². The van der Waals surface area contributed by atoms with Crippen LogP contribution in [0.2, 0.25) is 5.02 Å². The molecule has 136 valence electrons. The van der Waals surface area contributed by atoms with Crippen molar-refractivity contribution in [3.05, 3.63) is 33.3 Å². The second-order valence-corrected chi connectivity index (χ2v) is 6.71. The zero-order valence-electron chi connectivity index (χ0n) is 13.5. The third-order valence-corrected chi connectivity index (χ3v) is 4.93. The Morgan fingerprint density at radius 2 is 2.28 bits per heavy atom. The summed E-state index contributed by atoms with van der Waals surface area (Å²) in [6.07, 6.45) is 0.0496. The van der Waals surface area contributed by atoms with Crippen LogP contribution in [-0.4, -0.2) is 60.4 Å². The quantitative estimate of drug-likeness (QED) is 0.318. The molecule has 0 spiro atoms. The smallest absolute Gasteiger partial charge is 0.307 e. The SMILES string of the molecule is COC(=O)C[C@H]1COCCN1C(=O)CSc1ccc(Cl)cc1[N+](=O)[O-]. The van der Waals surface area contributed by atoms with Gasteiger partial charge < -0.3 is 14.4 Å². The number of hydrogen-bond donors (Lipinski definition) is 0. The van der Waals surface area contributed by atoms with Gasteiger partial charge in [0, 0.05) is 17.6 Å². The second-order valence-electron chi connectivity index (χ2n) is 5.25. The van der Waals surface area contributed by atoms with Gasteiger partial charge >= 0.3 is 5.97 Å². The number of halogens is 1. The third kappa shape index (κ3) is 5.32. The van der Waals surface area contributed by atoms with E-state index in [-0.39, 0.29) is 35.4 Å². The summed E-state index contributed by atoms with van der Waals surface area (Å²) in [7, 11) is 1.29. The normalized spacial score (nSPS) is 17.2. The molecule has 1 aliphatic rings. The van der Waals surface area contributed by atoms with Crippen LogP contribution >= 0.6 is 23.4 Å². The molecule has 1 amide bonds. The van der Waals surface area contributed by atoms with Gasteiger partial charge in [-0.05, 0) is 12.1 Å². The second kappa shape index (κ2) is 9.02. The van der Waals surface area contributed by atoms with Crippen molar-refractivity contribution in [2.45, 2.75) is 17.4 Å². The van der Waals surface area contributed by atoms with E-state index < -0.39 is 16.9 Å². The summed E-state index contributed by atoms with van der Waals surface area (Å²) in [6.45, 7) is 1.01. The molecule has 0 aromatic heterocycles. The molecule has 0 bridgehead atoms. The summed E-state index contributed by atoms with van der Waals surface area (Å²) >= 11 is 6.84. The first-order chi connectivity index (χ1) is 11.9. The van der Waals surface area contributed by atoms with Crippen molar-refractivity contribution in [1.82, 2.24) is 4.90 Å². The number of thioether (sulfide) groups is 1. The zero-order chi connectivity index (χ0) is 18.4. The first kappa shape index (κ1) is 19.5. The van der Waals surface area contributed by atoms with E-state index in [1.165, 1.54) is 25.3 Å². The molecule has 0 N–H and O–H groups in total. The van der Waals surface area contributed by atoms with Gasteiger partial charge in [0.1, 0.15) is 0 Å². The summed E-state index contributed by atoms with van der Waals surface area (Å²) < 4.78 is 9.96. The van der Waals surface area contributed by atoms with Gasteiger partial charge in [0.15, 0.2) is 0 Å². The number of benzene rings is 1. The number of morpholine rings is 1. The van der Waals surface area contributed by atoms with Crippen LogP contribution in [-0.2, 0) is 19.1 Å². The van der Waals surface area contributed by atoms with Crippen molar-refractivity contribution in [1.29, 1.82) is 0 Å². The minimum absolute atomic E-state index is 0.0140. The Labute approximate surface area is 153 Å². The van der Waals surface area contributed by atoms with Crippen LogP contribution in [0.4, 0.5) is 5.69 Å². The molecule has 1 heterocycles. The van der Waals surface area contributed by atoms with Crippen LogP contribution in [0.1, 0.15) is 6.42 Å². The molecular formula is C15H17ClN2O6S. The van der Waals surface area contributed by atoms with Crippen molar-refractivity contribution in [2.75, 3.05) is 32.6 Å². The van der Waals surface area contributed by atoms with Gasteiger partial charge in [-0.2, -0.15) is 0 Å². The molecule has 10 heteroatoms. The van der Waals surface area contributed by atoms with Gasteiger partial charge in [-0.1, -0.05) is 11.6 Å². The lowest BCUT2D eigenvalue weighted by molar-refractivity contribution is -0.387. The molecule has 1 aliphatic heterocycles. The molecule has 0 radical (unpaired) electrons. The molecule has 8 nitrogen and oxygen atoms in total. The van der Waals surface area contributed by atoms with E-state index in [0.29, 0.717) is 18.0 Å². The monoisotopic (exact) mass is 388 g/mol. The van der Waals surface area contributed by atoms with Gasteiger partial charge in [0.25, 0.3) is 5.69 Å². The number of carbonyl (C=O) groups is 2. The fraction of sp³-hybridized carbons (Fsp3) is 0.467. The fourth-order valence-electron chi connectivity index (χ4n) is 2.41. The highest BCUT2D eigenvalue weighted by Gasteiger charge is 2.29. The Balaban J connectivity index is 2.03. The highest BCUT2D eigenvalue weighted by Crippen LogP contribution is 2.32. The predicted molar refractivity (Wildman–Crippen MR) is 91.8 cm³/mol. The lowest BCUT2D eigenvalue weighted by atomic mass is 10.1. The topological polar surface area (TPSA) is 99.0 Å². The van der Waals surface area contributed by atoms with E-state index in [1.807, 2.05) is 0 Å². The van der Waals surface area contributed by atoms with E-state index in [4.69, 9.17) is 16.3 Å². The Morgan fingerprint density at radius 1 is 1.52 bits per heavy atom. The number of hydrogen-bond acceptors (Lipinski definition) is 7. The zero-order valence-corrected chi connectivity index (χ0v) is 15.0. The Hall–Kier alpha value is -1.84. The minimum Gasteiger partial charge on any atom is -0.469 e. The number of nitrogens with zero attached hydrogens (tertiary/aromatic N) is 2. The van der Waals surface area contributed by atoms with Gasteiger partial charge in [-0.25, -0.2) is 0 Å². The van der Waals surface area contributed by atoms with E-state index in [9.17, 15) is 19.7 Å². The molecule has 0 unspecified atom stereocenters. The number of nitro benzene ring substituents is 1. The predicted octanol–water partition coefficient (Wildman–Crippen LogP) is 2.13. The Morgan fingerprint density at radius 3 is 2.96 bits per heavy atom. The van der Waals surface area contributed by atoms with E-state index in [2.05, 4.69) is 4.74 Å². The maximum absolute atomic E-state index is 12.5. The van der Waals surface area contributed by atoms with Gasteiger partial charge in [-0.3, -0.25) is 19.7 Å². The highest BCUT2D eigenvalue weighted by atomic mass is 35.5. The lowest BCUT2D eigenvalue weighted by Crippen LogP contribution is -2.50. The average Bonchev–Trinajstić information content (AvgIpc) is 2.60. The Bertz CT molecular complexity index is 671. The van der Waals surface area contributed by atoms with Crippen molar-refractivity contribution >= 4 is 40.9 Å². The summed E-state index contributed by atoms with van der Waals surface area (Å²) in [5.41, 5.74) is -0.140. The summed E-state index contributed by atoms with van der Waals surface area (Å²) in [5.74, 6) is -0.624. The first-order valence-corrected chi connectivity index (χ1v) is 8.79. The Kier molecular flexibility index (Phi) is 7.03. The van der Waals surface area contributed by atoms with Crippen molar-refractivity contribution in [3.8, 4) is 0 Å². The number of nitro groups is 1. The van der Waals surface area contributed by atoms with Crippen molar-refractivity contribution < 1.29 is 24.0 Å². The lowest BCUT2D eigenvalue weighted by Gasteiger charge is -2.35. The number of ether oxygens (including phenoxy) is 2. The summed E-state index contributed by atoms with van der Waals surface area (Å²) in [6, 6.07) is 3.91. The van der Waals surface area contributed by atoms with Crippen LogP contribution in [0.15, 0.2) is 23.1 Å². The van der Waals surface area contributed by atoms with Gasteiger partial charge in [-0.15, -0.1) is 11.8 Å². The van der Waals surface area contributed by atoms with E-state index in [1.54, 1.807) is 4.90 Å². The van der Waals surface area contributed by atoms with Crippen LogP contribution < -0.4 is 0 Å². The van der Waals surface area contributed by atoms with Crippen molar-refractivity contribution in [2.24, 2.45) is 0 Å². The minimum atomic E-state index is -0.534. The van der Waals surface area contributed by atoms with Crippen LogP contribution in [0.25, 0.3) is 0 Å². The number of carbonyl (C=O) groups excluding carboxylic acids is 2. The van der Waals surface area contributed by atoms with Crippen LogP contribution in [0.5, 0.6) is 0 Å². The van der Waals surface area contributed by atoms with E-state index in [0.717, 1.165) is 11.8 Å². The number of amides is 1. The highest BCUT2D eigenvalue weighted by molar-refractivity contribution is 8.00. The molecule has 1 fully saturated rings. The van der Waals surface area contributed by atoms with Crippen LogP contribution in [0, 0.1) is 10.1 Å². The molecule has 25 heavy (non-hydrogen) atoms. The number of esters is 1. The van der Waals surface area contributed by atoms with E-state index >= 15 is 0 Å². The maximum atomic E-state index is 12.5. The molecule has 2 rings (SSSR count). The molecule has 0 aliphatic carbocycles. The third-order valence-electron chi connectivity index (χ3n) is 3.65. The molecule has 0 saturated carbocycles. The van der Waals surface area contributed by atoms with Crippen LogP contribution in [0.3, 0.4) is 0 Å². The largest absolute Gasteiger partial charge is 0.469 e. The standard InChI is InChI=1S/C15H17ClN2O6S/c1-23-15(20)7-11-8-24-5-4-17(11)14(19)9-25-13-3-2-10(16)6-12(13)18(21)22/h2-3,6,11H,4-5,7-9H2,1H3/t11-/m0/s1. The average molecular weight is 389 g/mol. The molecular weight excluding hydrogens is 372 g/mol. The van der Waals surface area contributed by atoms with Crippen molar-refractivity contribution in [3.63, 3.8) is 0 Å². The molecule has 1 aromatic carbocycles. The molecule has 1 atom stereocenters. The summed E-state index contributed by atoms with van der Waals surface area (Å²) in [4.78, 5) is 36.5. The number of rotatable bonds is 6.